The van der Waals surface area contributed by atoms with Crippen LogP contribution in [0.2, 0.25) is 0 Å². The number of nitrogens with two attached hydrogens (primary N) is 1. The van der Waals surface area contributed by atoms with Gasteiger partial charge in [-0.2, -0.15) is 24.9 Å². The van der Waals surface area contributed by atoms with E-state index in [1.807, 2.05) is 6.26 Å². The molecule has 0 radical (unpaired) electrons. The molecule has 1 nitrogen and oxygen atoms in total. The zero-order chi connectivity index (χ0) is 11.5. The standard InChI is InChI=1S/C10H12F3NS/c1-15-6-9(14)7-2-4-8(5-3-7)10(11,12)13/h2-5,9H,6,14H2,1H3/t9-/m1/s1. The molecule has 0 aliphatic heterocycles. The summed E-state index contributed by atoms with van der Waals surface area (Å²) >= 11 is 1.57. The summed E-state index contributed by atoms with van der Waals surface area (Å²) in [6, 6.07) is 4.79. The van der Waals surface area contributed by atoms with E-state index in [-0.39, 0.29) is 6.04 Å². The fraction of sp³-hybridized carbons (Fsp3) is 0.400. The first kappa shape index (κ1) is 12.4. The van der Waals surface area contributed by atoms with Crippen LogP contribution in [0, 0.1) is 0 Å². The second kappa shape index (κ2) is 4.90. The molecule has 0 aliphatic rings. The summed E-state index contributed by atoms with van der Waals surface area (Å²) in [5, 5.41) is 0. The van der Waals surface area contributed by atoms with Crippen molar-refractivity contribution in [3.63, 3.8) is 0 Å². The minimum Gasteiger partial charge on any atom is -0.323 e. The number of thioether (sulfide) groups is 1. The van der Waals surface area contributed by atoms with Gasteiger partial charge >= 0.3 is 6.18 Å². The van der Waals surface area contributed by atoms with Crippen molar-refractivity contribution >= 4 is 11.8 Å². The van der Waals surface area contributed by atoms with Gasteiger partial charge in [-0.15, -0.1) is 0 Å². The number of alkyl halides is 3. The average molecular weight is 235 g/mol. The molecule has 2 N–H and O–H groups in total. The van der Waals surface area contributed by atoms with Gasteiger partial charge in [-0.05, 0) is 24.0 Å². The number of rotatable bonds is 3. The maximum Gasteiger partial charge on any atom is 0.416 e. The van der Waals surface area contributed by atoms with Crippen molar-refractivity contribution in [3.05, 3.63) is 35.4 Å². The van der Waals surface area contributed by atoms with Crippen LogP contribution in [0.4, 0.5) is 13.2 Å². The molecule has 0 saturated carbocycles. The maximum absolute atomic E-state index is 12.2. The summed E-state index contributed by atoms with van der Waals surface area (Å²) in [7, 11) is 0. The Bertz CT molecular complexity index is 307. The van der Waals surface area contributed by atoms with E-state index >= 15 is 0 Å². The van der Waals surface area contributed by atoms with Crippen LogP contribution in [0.3, 0.4) is 0 Å². The molecule has 5 heteroatoms. The first-order valence-electron chi connectivity index (χ1n) is 4.37. The Morgan fingerprint density at radius 2 is 1.80 bits per heavy atom. The molecule has 0 saturated heterocycles. The zero-order valence-electron chi connectivity index (χ0n) is 8.21. The second-order valence-corrected chi connectivity index (χ2v) is 4.09. The van der Waals surface area contributed by atoms with Crippen molar-refractivity contribution in [1.82, 2.24) is 0 Å². The largest absolute Gasteiger partial charge is 0.416 e. The Hall–Kier alpha value is -0.680. The topological polar surface area (TPSA) is 26.0 Å². The minimum atomic E-state index is -4.28. The van der Waals surface area contributed by atoms with Crippen LogP contribution >= 0.6 is 11.8 Å². The van der Waals surface area contributed by atoms with Crippen LogP contribution in [0.5, 0.6) is 0 Å². The van der Waals surface area contributed by atoms with Gasteiger partial charge in [0.05, 0.1) is 5.56 Å². The molecule has 0 fully saturated rings. The fourth-order valence-corrected chi connectivity index (χ4v) is 1.75. The van der Waals surface area contributed by atoms with Crippen LogP contribution in [0.1, 0.15) is 17.2 Å². The highest BCUT2D eigenvalue weighted by molar-refractivity contribution is 7.98. The summed E-state index contributed by atoms with van der Waals surface area (Å²) in [6.07, 6.45) is -2.37. The lowest BCUT2D eigenvalue weighted by Crippen LogP contribution is -2.13. The molecule has 15 heavy (non-hydrogen) atoms. The molecule has 0 bridgehead atoms. The summed E-state index contributed by atoms with van der Waals surface area (Å²) in [5.74, 6) is 0.700. The van der Waals surface area contributed by atoms with Crippen molar-refractivity contribution in [3.8, 4) is 0 Å². The number of hydrogen-bond donors (Lipinski definition) is 1. The van der Waals surface area contributed by atoms with Crippen LogP contribution in [-0.4, -0.2) is 12.0 Å². The Labute approximate surface area is 90.9 Å². The van der Waals surface area contributed by atoms with Crippen molar-refractivity contribution in [2.45, 2.75) is 12.2 Å². The molecule has 0 aliphatic carbocycles. The monoisotopic (exact) mass is 235 g/mol. The summed E-state index contributed by atoms with van der Waals surface area (Å²) in [4.78, 5) is 0. The molecular weight excluding hydrogens is 223 g/mol. The van der Waals surface area contributed by atoms with Gasteiger partial charge in [0, 0.05) is 11.8 Å². The normalized spacial score (nSPS) is 13.9. The molecular formula is C10H12F3NS. The highest BCUT2D eigenvalue weighted by Gasteiger charge is 2.30. The van der Waals surface area contributed by atoms with Crippen LogP contribution in [0.25, 0.3) is 0 Å². The Kier molecular flexibility index (Phi) is 4.04. The summed E-state index contributed by atoms with van der Waals surface area (Å²) in [5.41, 5.74) is 5.86. The zero-order valence-corrected chi connectivity index (χ0v) is 9.03. The van der Waals surface area contributed by atoms with Gasteiger partial charge in [-0.3, -0.25) is 0 Å². The third kappa shape index (κ3) is 3.43. The van der Waals surface area contributed by atoms with Crippen molar-refractivity contribution in [2.24, 2.45) is 5.73 Å². The highest BCUT2D eigenvalue weighted by atomic mass is 32.2. The smallest absolute Gasteiger partial charge is 0.323 e. The van der Waals surface area contributed by atoms with Crippen molar-refractivity contribution in [1.29, 1.82) is 0 Å². The van der Waals surface area contributed by atoms with E-state index in [2.05, 4.69) is 0 Å². The molecule has 0 aromatic heterocycles. The number of benzene rings is 1. The number of halogens is 3. The lowest BCUT2D eigenvalue weighted by Gasteiger charge is -2.12. The van der Waals surface area contributed by atoms with Gasteiger partial charge < -0.3 is 5.73 Å². The Balaban J connectivity index is 2.81. The van der Waals surface area contributed by atoms with Crippen LogP contribution in [0.15, 0.2) is 24.3 Å². The third-order valence-electron chi connectivity index (χ3n) is 2.01. The molecule has 0 spiro atoms. The van der Waals surface area contributed by atoms with Gasteiger partial charge in [0.25, 0.3) is 0 Å². The fourth-order valence-electron chi connectivity index (χ4n) is 1.20. The van der Waals surface area contributed by atoms with E-state index in [4.69, 9.17) is 5.73 Å². The molecule has 1 aromatic rings. The molecule has 1 aromatic carbocycles. The van der Waals surface area contributed by atoms with E-state index in [0.717, 1.165) is 17.7 Å². The first-order valence-corrected chi connectivity index (χ1v) is 5.76. The predicted molar refractivity (Wildman–Crippen MR) is 56.8 cm³/mol. The van der Waals surface area contributed by atoms with Gasteiger partial charge in [0.15, 0.2) is 0 Å². The second-order valence-electron chi connectivity index (χ2n) is 3.18. The molecule has 0 unspecified atom stereocenters. The van der Waals surface area contributed by atoms with E-state index in [0.29, 0.717) is 5.75 Å². The van der Waals surface area contributed by atoms with E-state index in [9.17, 15) is 13.2 Å². The quantitative estimate of drug-likeness (QED) is 0.871. The Morgan fingerprint density at radius 3 is 2.20 bits per heavy atom. The predicted octanol–water partition coefficient (Wildman–Crippen LogP) is 3.07. The van der Waals surface area contributed by atoms with Gasteiger partial charge in [0.2, 0.25) is 0 Å². The van der Waals surface area contributed by atoms with Crippen molar-refractivity contribution in [2.75, 3.05) is 12.0 Å². The highest BCUT2D eigenvalue weighted by Crippen LogP contribution is 2.29. The maximum atomic E-state index is 12.2. The van der Waals surface area contributed by atoms with Gasteiger partial charge in [-0.1, -0.05) is 12.1 Å². The lowest BCUT2D eigenvalue weighted by molar-refractivity contribution is -0.137. The van der Waals surface area contributed by atoms with Crippen molar-refractivity contribution < 1.29 is 13.2 Å². The number of hydrogen-bond acceptors (Lipinski definition) is 2. The van der Waals surface area contributed by atoms with Gasteiger partial charge in [-0.25, -0.2) is 0 Å². The van der Waals surface area contributed by atoms with Crippen LogP contribution in [-0.2, 0) is 6.18 Å². The van der Waals surface area contributed by atoms with Crippen LogP contribution < -0.4 is 5.73 Å². The molecule has 0 amide bonds. The lowest BCUT2D eigenvalue weighted by atomic mass is 10.1. The Morgan fingerprint density at radius 1 is 1.27 bits per heavy atom. The average Bonchev–Trinajstić information content (AvgIpc) is 2.17. The molecule has 1 atom stereocenters. The van der Waals surface area contributed by atoms with E-state index < -0.39 is 11.7 Å². The first-order chi connectivity index (χ1) is 6.95. The van der Waals surface area contributed by atoms with Gasteiger partial charge in [0.1, 0.15) is 0 Å². The third-order valence-corrected chi connectivity index (χ3v) is 2.70. The molecule has 84 valence electrons. The molecule has 1 rings (SSSR count). The summed E-state index contributed by atoms with van der Waals surface area (Å²) < 4.78 is 36.7. The van der Waals surface area contributed by atoms with E-state index in [1.54, 1.807) is 11.8 Å². The minimum absolute atomic E-state index is 0.206. The molecule has 0 heterocycles. The summed E-state index contributed by atoms with van der Waals surface area (Å²) in [6.45, 7) is 0. The van der Waals surface area contributed by atoms with E-state index in [1.165, 1.54) is 12.1 Å². The SMILES string of the molecule is CSC[C@@H](N)c1ccc(C(F)(F)F)cc1.